The van der Waals surface area contributed by atoms with Crippen LogP contribution < -0.4 is 5.73 Å². The summed E-state index contributed by atoms with van der Waals surface area (Å²) in [5, 5.41) is 9.89. The van der Waals surface area contributed by atoms with E-state index >= 15 is 0 Å². The standard InChI is InChI=1S/C6H6N2O3S/c7-3-4(9)8-2(6(10)11)1-12-5(3)8/h1,3,5H,7H2,(H,10,11)/t3?,5-/m1/s1. The molecule has 2 heterocycles. The normalized spacial score (nSPS) is 32.6. The molecular formula is C6H6N2O3S. The van der Waals surface area contributed by atoms with Gasteiger partial charge < -0.3 is 10.8 Å². The summed E-state index contributed by atoms with van der Waals surface area (Å²) in [5.74, 6) is -1.39. The fourth-order valence-electron chi connectivity index (χ4n) is 1.23. The lowest BCUT2D eigenvalue weighted by molar-refractivity contribution is -0.147. The van der Waals surface area contributed by atoms with E-state index < -0.39 is 12.0 Å². The Kier molecular flexibility index (Phi) is 1.42. The molecule has 1 saturated heterocycles. The van der Waals surface area contributed by atoms with Crippen molar-refractivity contribution in [1.82, 2.24) is 4.90 Å². The monoisotopic (exact) mass is 186 g/mol. The second-order valence-corrected chi connectivity index (χ2v) is 3.56. The molecule has 64 valence electrons. The maximum atomic E-state index is 11.0. The molecule has 1 unspecified atom stereocenters. The first-order chi connectivity index (χ1) is 5.63. The third kappa shape index (κ3) is 0.733. The minimum atomic E-state index is -1.08. The molecule has 0 aromatic rings. The van der Waals surface area contributed by atoms with E-state index in [9.17, 15) is 9.59 Å². The van der Waals surface area contributed by atoms with E-state index in [2.05, 4.69) is 0 Å². The van der Waals surface area contributed by atoms with Crippen molar-refractivity contribution in [2.24, 2.45) is 5.73 Å². The van der Waals surface area contributed by atoms with Gasteiger partial charge in [-0.15, -0.1) is 11.8 Å². The molecule has 3 N–H and O–H groups in total. The molecule has 12 heavy (non-hydrogen) atoms. The maximum Gasteiger partial charge on any atom is 0.353 e. The van der Waals surface area contributed by atoms with E-state index in [1.807, 2.05) is 0 Å². The molecule has 0 aliphatic carbocycles. The minimum absolute atomic E-state index is 0.0386. The molecule has 0 aromatic heterocycles. The largest absolute Gasteiger partial charge is 0.477 e. The average Bonchev–Trinajstić information content (AvgIpc) is 2.43. The van der Waals surface area contributed by atoms with Gasteiger partial charge in [-0.3, -0.25) is 9.69 Å². The first-order valence-corrected chi connectivity index (χ1v) is 4.25. The average molecular weight is 186 g/mol. The van der Waals surface area contributed by atoms with Crippen LogP contribution in [0.15, 0.2) is 11.1 Å². The van der Waals surface area contributed by atoms with Crippen LogP contribution in [0.3, 0.4) is 0 Å². The summed E-state index contributed by atoms with van der Waals surface area (Å²) < 4.78 is 0. The van der Waals surface area contributed by atoms with Gasteiger partial charge in [0.25, 0.3) is 0 Å². The van der Waals surface area contributed by atoms with Crippen molar-refractivity contribution in [2.45, 2.75) is 11.4 Å². The van der Waals surface area contributed by atoms with E-state index in [4.69, 9.17) is 10.8 Å². The Hall–Kier alpha value is -1.01. The molecule has 5 nitrogen and oxygen atoms in total. The van der Waals surface area contributed by atoms with Gasteiger partial charge in [0.1, 0.15) is 17.1 Å². The van der Waals surface area contributed by atoms with E-state index in [0.29, 0.717) is 0 Å². The zero-order valence-electron chi connectivity index (χ0n) is 5.93. The Bertz CT molecular complexity index is 301. The van der Waals surface area contributed by atoms with Crippen LogP contribution in [0, 0.1) is 0 Å². The van der Waals surface area contributed by atoms with Crippen LogP contribution in [0.25, 0.3) is 0 Å². The summed E-state index contributed by atoms with van der Waals surface area (Å²) in [6.45, 7) is 0. The van der Waals surface area contributed by atoms with Gasteiger partial charge in [-0.2, -0.15) is 0 Å². The number of carboxylic acids is 1. The third-order valence-electron chi connectivity index (χ3n) is 1.88. The van der Waals surface area contributed by atoms with Gasteiger partial charge in [0.15, 0.2) is 0 Å². The number of carbonyl (C=O) groups is 2. The van der Waals surface area contributed by atoms with Gasteiger partial charge in [-0.05, 0) is 0 Å². The van der Waals surface area contributed by atoms with Crippen LogP contribution in [0.5, 0.6) is 0 Å². The van der Waals surface area contributed by atoms with Crippen molar-refractivity contribution in [2.75, 3.05) is 0 Å². The molecule has 1 amide bonds. The Morgan fingerprint density at radius 2 is 2.42 bits per heavy atom. The molecule has 0 spiro atoms. The smallest absolute Gasteiger partial charge is 0.353 e. The fraction of sp³-hybridized carbons (Fsp3) is 0.333. The first kappa shape index (κ1) is 7.63. The minimum Gasteiger partial charge on any atom is -0.477 e. The molecule has 0 aromatic carbocycles. The summed E-state index contributed by atoms with van der Waals surface area (Å²) >= 11 is 1.28. The van der Waals surface area contributed by atoms with Crippen molar-refractivity contribution in [1.29, 1.82) is 0 Å². The molecule has 2 aliphatic heterocycles. The molecule has 2 rings (SSSR count). The van der Waals surface area contributed by atoms with Gasteiger partial charge in [-0.25, -0.2) is 4.79 Å². The number of nitrogens with two attached hydrogens (primary N) is 1. The topological polar surface area (TPSA) is 83.6 Å². The number of aliphatic carboxylic acids is 1. The van der Waals surface area contributed by atoms with Crippen LogP contribution in [0.1, 0.15) is 0 Å². The Balaban J connectivity index is 2.23. The molecule has 2 aliphatic rings. The summed E-state index contributed by atoms with van der Waals surface area (Å²) in [6.07, 6.45) is 0. The number of β-lactam (4-membered cyclic amide) rings is 1. The maximum absolute atomic E-state index is 11.0. The number of hydrogen-bond acceptors (Lipinski definition) is 4. The highest BCUT2D eigenvalue weighted by Gasteiger charge is 2.51. The number of nitrogens with zero attached hydrogens (tertiary/aromatic N) is 1. The predicted octanol–water partition coefficient (Wildman–Crippen LogP) is -0.845. The molecular weight excluding hydrogens is 180 g/mol. The number of hydrogen-bond donors (Lipinski definition) is 2. The van der Waals surface area contributed by atoms with E-state index in [0.717, 1.165) is 0 Å². The second-order valence-electron chi connectivity index (χ2n) is 2.57. The van der Waals surface area contributed by atoms with E-state index in [1.54, 1.807) is 0 Å². The van der Waals surface area contributed by atoms with Crippen LogP contribution in [0.4, 0.5) is 0 Å². The SMILES string of the molecule is NC1C(=O)N2C(C(=O)O)=CS[C@H]12. The number of carbonyl (C=O) groups excluding carboxylic acids is 1. The van der Waals surface area contributed by atoms with Gasteiger partial charge in [0.05, 0.1) is 0 Å². The molecule has 2 atom stereocenters. The van der Waals surface area contributed by atoms with Crippen LogP contribution in [-0.4, -0.2) is 33.3 Å². The highest BCUT2D eigenvalue weighted by Crippen LogP contribution is 2.39. The van der Waals surface area contributed by atoms with Crippen LogP contribution >= 0.6 is 11.8 Å². The lowest BCUT2D eigenvalue weighted by atomic mass is 10.1. The summed E-state index contributed by atoms with van der Waals surface area (Å²) in [4.78, 5) is 22.8. The van der Waals surface area contributed by atoms with E-state index in [-0.39, 0.29) is 17.0 Å². The Morgan fingerprint density at radius 1 is 1.75 bits per heavy atom. The van der Waals surface area contributed by atoms with E-state index in [1.165, 1.54) is 22.1 Å². The summed E-state index contributed by atoms with van der Waals surface area (Å²) in [7, 11) is 0. The zero-order valence-corrected chi connectivity index (χ0v) is 6.75. The van der Waals surface area contributed by atoms with Crippen LogP contribution in [0.2, 0.25) is 0 Å². The van der Waals surface area contributed by atoms with Crippen molar-refractivity contribution in [3.05, 3.63) is 11.1 Å². The van der Waals surface area contributed by atoms with Crippen LogP contribution in [-0.2, 0) is 9.59 Å². The number of carboxylic acid groups (broad SMARTS) is 1. The second kappa shape index (κ2) is 2.24. The number of rotatable bonds is 1. The lowest BCUT2D eigenvalue weighted by Gasteiger charge is -2.39. The fourth-order valence-corrected chi connectivity index (χ4v) is 2.34. The van der Waals surface area contributed by atoms with Crippen molar-refractivity contribution in [3.63, 3.8) is 0 Å². The van der Waals surface area contributed by atoms with Crippen molar-refractivity contribution < 1.29 is 14.7 Å². The molecule has 0 saturated carbocycles. The predicted molar refractivity (Wildman–Crippen MR) is 41.9 cm³/mol. The molecule has 6 heteroatoms. The first-order valence-electron chi connectivity index (χ1n) is 3.30. The van der Waals surface area contributed by atoms with Gasteiger partial charge in [-0.1, -0.05) is 0 Å². The summed E-state index contributed by atoms with van der Waals surface area (Å²) in [6, 6.07) is -0.539. The molecule has 1 fully saturated rings. The zero-order chi connectivity index (χ0) is 8.88. The molecule has 0 bridgehead atoms. The van der Waals surface area contributed by atoms with Crippen molar-refractivity contribution >= 4 is 23.6 Å². The van der Waals surface area contributed by atoms with Gasteiger partial charge >= 0.3 is 5.97 Å². The number of fused-ring (bicyclic) bond motifs is 1. The van der Waals surface area contributed by atoms with Crippen molar-refractivity contribution in [3.8, 4) is 0 Å². The van der Waals surface area contributed by atoms with Gasteiger partial charge in [0.2, 0.25) is 5.91 Å². The summed E-state index contributed by atoms with van der Waals surface area (Å²) in [5.41, 5.74) is 5.47. The Labute approximate surface area is 72.2 Å². The number of thioether (sulfide) groups is 1. The molecule has 0 radical (unpaired) electrons. The Morgan fingerprint density at radius 3 is 3.00 bits per heavy atom. The highest BCUT2D eigenvalue weighted by atomic mass is 32.2. The lowest BCUT2D eigenvalue weighted by Crippen LogP contribution is -2.65. The third-order valence-corrected chi connectivity index (χ3v) is 3.02. The number of amides is 1. The van der Waals surface area contributed by atoms with Gasteiger partial charge in [0, 0.05) is 5.41 Å². The highest BCUT2D eigenvalue weighted by molar-refractivity contribution is 8.03. The quantitative estimate of drug-likeness (QED) is 0.521.